The number of rotatable bonds is 4. The molecule has 0 saturated carbocycles. The highest BCUT2D eigenvalue weighted by Crippen LogP contribution is 2.33. The van der Waals surface area contributed by atoms with Crippen molar-refractivity contribution in [2.24, 2.45) is 0 Å². The molecule has 0 bridgehead atoms. The highest BCUT2D eigenvalue weighted by molar-refractivity contribution is 5.87. The van der Waals surface area contributed by atoms with Gasteiger partial charge in [0, 0.05) is 12.6 Å². The molecule has 2 rings (SSSR count). The third-order valence-electron chi connectivity index (χ3n) is 3.41. The second kappa shape index (κ2) is 6.20. The van der Waals surface area contributed by atoms with Crippen molar-refractivity contribution >= 4 is 17.3 Å². The van der Waals surface area contributed by atoms with Crippen LogP contribution in [0.3, 0.4) is 0 Å². The van der Waals surface area contributed by atoms with Gasteiger partial charge in [-0.2, -0.15) is 13.2 Å². The van der Waals surface area contributed by atoms with E-state index >= 15 is 0 Å². The Kier molecular flexibility index (Phi) is 4.53. The maximum Gasteiger partial charge on any atom is 0.405 e. The summed E-state index contributed by atoms with van der Waals surface area (Å²) in [4.78, 5) is 23.9. The molecule has 1 fully saturated rings. The first-order valence-electron chi connectivity index (χ1n) is 6.64. The maximum absolute atomic E-state index is 12.2. The Morgan fingerprint density at radius 3 is 2.73 bits per heavy atom. The fourth-order valence-electron chi connectivity index (χ4n) is 2.49. The molecule has 1 aliphatic heterocycles. The number of hydrogen-bond acceptors (Lipinski definition) is 4. The molecule has 1 aliphatic rings. The van der Waals surface area contributed by atoms with E-state index < -0.39 is 29.6 Å². The van der Waals surface area contributed by atoms with Gasteiger partial charge in [-0.25, -0.2) is 0 Å². The van der Waals surface area contributed by atoms with Crippen LogP contribution < -0.4 is 10.2 Å². The fraction of sp³-hybridized carbons (Fsp3) is 0.462. The van der Waals surface area contributed by atoms with Crippen molar-refractivity contribution < 1.29 is 22.9 Å². The number of para-hydroxylation sites is 2. The summed E-state index contributed by atoms with van der Waals surface area (Å²) in [5.74, 6) is -0.770. The van der Waals surface area contributed by atoms with Crippen LogP contribution in [0.1, 0.15) is 12.8 Å². The summed E-state index contributed by atoms with van der Waals surface area (Å²) in [5.41, 5.74) is 0.0789. The Morgan fingerprint density at radius 2 is 2.09 bits per heavy atom. The van der Waals surface area contributed by atoms with Crippen molar-refractivity contribution in [3.63, 3.8) is 0 Å². The second-order valence-electron chi connectivity index (χ2n) is 4.93. The van der Waals surface area contributed by atoms with Crippen molar-refractivity contribution in [3.05, 3.63) is 34.4 Å². The molecule has 1 atom stereocenters. The molecule has 0 spiro atoms. The number of nitro benzene ring substituents is 1. The van der Waals surface area contributed by atoms with E-state index in [1.165, 1.54) is 23.1 Å². The number of benzene rings is 1. The van der Waals surface area contributed by atoms with E-state index in [2.05, 4.69) is 0 Å². The fourth-order valence-corrected chi connectivity index (χ4v) is 2.49. The third-order valence-corrected chi connectivity index (χ3v) is 3.41. The quantitative estimate of drug-likeness (QED) is 0.682. The average Bonchev–Trinajstić information content (AvgIpc) is 2.93. The molecular weight excluding hydrogens is 303 g/mol. The summed E-state index contributed by atoms with van der Waals surface area (Å²) in [6.07, 6.45) is -3.55. The topological polar surface area (TPSA) is 75.5 Å². The van der Waals surface area contributed by atoms with Gasteiger partial charge in [-0.05, 0) is 18.9 Å². The largest absolute Gasteiger partial charge is 0.405 e. The molecule has 6 nitrogen and oxygen atoms in total. The van der Waals surface area contributed by atoms with E-state index in [1.54, 1.807) is 6.07 Å². The van der Waals surface area contributed by atoms with E-state index in [0.29, 0.717) is 19.4 Å². The van der Waals surface area contributed by atoms with Gasteiger partial charge in [0.25, 0.3) is 5.69 Å². The molecule has 0 unspecified atom stereocenters. The summed E-state index contributed by atoms with van der Waals surface area (Å²) in [6.45, 7) is -1.03. The van der Waals surface area contributed by atoms with Crippen molar-refractivity contribution in [2.75, 3.05) is 18.0 Å². The molecule has 1 amide bonds. The van der Waals surface area contributed by atoms with Gasteiger partial charge in [0.1, 0.15) is 18.3 Å². The maximum atomic E-state index is 12.2. The SMILES string of the molecule is O=C(NCC(F)(F)F)[C@@H]1CCCN1c1ccccc1[N+](=O)[O-]. The predicted octanol–water partition coefficient (Wildman–Crippen LogP) is 2.24. The number of alkyl halides is 3. The van der Waals surface area contributed by atoms with Gasteiger partial charge in [-0.15, -0.1) is 0 Å². The minimum atomic E-state index is -4.49. The Labute approximate surface area is 124 Å². The zero-order valence-electron chi connectivity index (χ0n) is 11.5. The highest BCUT2D eigenvalue weighted by atomic mass is 19.4. The first-order chi connectivity index (χ1) is 10.3. The number of anilines is 1. The van der Waals surface area contributed by atoms with Crippen molar-refractivity contribution in [1.82, 2.24) is 5.32 Å². The number of amides is 1. The predicted molar refractivity (Wildman–Crippen MR) is 72.5 cm³/mol. The summed E-state index contributed by atoms with van der Waals surface area (Å²) in [7, 11) is 0. The smallest absolute Gasteiger partial charge is 0.354 e. The van der Waals surface area contributed by atoms with E-state index in [0.717, 1.165) is 0 Å². The van der Waals surface area contributed by atoms with Crippen LogP contribution in [0.2, 0.25) is 0 Å². The molecule has 1 heterocycles. The van der Waals surface area contributed by atoms with Gasteiger partial charge < -0.3 is 10.2 Å². The van der Waals surface area contributed by atoms with Crippen LogP contribution in [0, 0.1) is 10.1 Å². The molecule has 0 aromatic heterocycles. The monoisotopic (exact) mass is 317 g/mol. The van der Waals surface area contributed by atoms with Crippen LogP contribution >= 0.6 is 0 Å². The van der Waals surface area contributed by atoms with E-state index in [1.807, 2.05) is 5.32 Å². The molecule has 1 saturated heterocycles. The molecule has 120 valence electrons. The number of halogens is 3. The van der Waals surface area contributed by atoms with Crippen LogP contribution in [0.5, 0.6) is 0 Å². The molecular formula is C13H14F3N3O3. The first kappa shape index (κ1) is 16.1. The Bertz CT molecular complexity index is 577. The van der Waals surface area contributed by atoms with Crippen molar-refractivity contribution in [1.29, 1.82) is 0 Å². The van der Waals surface area contributed by atoms with Crippen LogP contribution in [-0.4, -0.2) is 36.1 Å². The molecule has 22 heavy (non-hydrogen) atoms. The summed E-state index contributed by atoms with van der Waals surface area (Å²) < 4.78 is 36.5. The number of carbonyl (C=O) groups excluding carboxylic acids is 1. The van der Waals surface area contributed by atoms with Gasteiger partial charge in [0.15, 0.2) is 0 Å². The van der Waals surface area contributed by atoms with Crippen LogP contribution in [0.15, 0.2) is 24.3 Å². The standard InChI is InChI=1S/C13H14F3N3O3/c14-13(15,16)8-17-12(20)11-6-3-7-18(11)9-4-1-2-5-10(9)19(21)22/h1-2,4-5,11H,3,6-8H2,(H,17,20)/t11-/m0/s1. The molecule has 1 aromatic rings. The lowest BCUT2D eigenvalue weighted by atomic mass is 10.1. The van der Waals surface area contributed by atoms with Crippen LogP contribution in [0.25, 0.3) is 0 Å². The van der Waals surface area contributed by atoms with E-state index in [9.17, 15) is 28.1 Å². The van der Waals surface area contributed by atoms with Crippen molar-refractivity contribution in [2.45, 2.75) is 25.1 Å². The Hall–Kier alpha value is -2.32. The number of carbonyl (C=O) groups is 1. The average molecular weight is 317 g/mol. The lowest BCUT2D eigenvalue weighted by molar-refractivity contribution is -0.384. The zero-order valence-corrected chi connectivity index (χ0v) is 11.5. The Morgan fingerprint density at radius 1 is 1.41 bits per heavy atom. The molecule has 9 heteroatoms. The number of nitrogens with zero attached hydrogens (tertiary/aromatic N) is 2. The second-order valence-corrected chi connectivity index (χ2v) is 4.93. The van der Waals surface area contributed by atoms with Gasteiger partial charge >= 0.3 is 6.18 Å². The van der Waals surface area contributed by atoms with Crippen LogP contribution in [-0.2, 0) is 4.79 Å². The van der Waals surface area contributed by atoms with Gasteiger partial charge in [-0.3, -0.25) is 14.9 Å². The van der Waals surface area contributed by atoms with Gasteiger partial charge in [-0.1, -0.05) is 12.1 Å². The lowest BCUT2D eigenvalue weighted by Crippen LogP contribution is -2.46. The van der Waals surface area contributed by atoms with Crippen LogP contribution in [0.4, 0.5) is 24.5 Å². The summed E-state index contributed by atoms with van der Waals surface area (Å²) >= 11 is 0. The highest BCUT2D eigenvalue weighted by Gasteiger charge is 2.36. The zero-order chi connectivity index (χ0) is 16.3. The Balaban J connectivity index is 2.17. The normalized spacial score (nSPS) is 18.3. The molecule has 0 aliphatic carbocycles. The number of nitrogens with one attached hydrogen (secondary N) is 1. The van der Waals surface area contributed by atoms with Crippen molar-refractivity contribution in [3.8, 4) is 0 Å². The number of hydrogen-bond donors (Lipinski definition) is 1. The van der Waals surface area contributed by atoms with Gasteiger partial charge in [0.2, 0.25) is 5.91 Å². The van der Waals surface area contributed by atoms with Gasteiger partial charge in [0.05, 0.1) is 4.92 Å². The summed E-state index contributed by atoms with van der Waals surface area (Å²) in [6, 6.07) is 5.05. The van der Waals surface area contributed by atoms with E-state index in [-0.39, 0.29) is 11.4 Å². The first-order valence-corrected chi connectivity index (χ1v) is 6.64. The molecule has 1 aromatic carbocycles. The third kappa shape index (κ3) is 3.66. The lowest BCUT2D eigenvalue weighted by Gasteiger charge is -2.25. The minimum absolute atomic E-state index is 0.168. The molecule has 1 N–H and O–H groups in total. The van der Waals surface area contributed by atoms with E-state index in [4.69, 9.17) is 0 Å². The minimum Gasteiger partial charge on any atom is -0.354 e. The number of nitro groups is 1. The summed E-state index contributed by atoms with van der Waals surface area (Å²) in [5, 5.41) is 12.9. The molecule has 0 radical (unpaired) electrons.